The molecule has 39 heavy (non-hydrogen) atoms. The van der Waals surface area contributed by atoms with Crippen LogP contribution < -0.4 is 10.2 Å². The molecule has 4 rings (SSSR count). The molecule has 0 unspecified atom stereocenters. The van der Waals surface area contributed by atoms with Crippen LogP contribution in [0.25, 0.3) is 0 Å². The number of anilines is 2. The molecule has 2 saturated heterocycles. The number of nitrogens with zero attached hydrogens (tertiary/aromatic N) is 4. The smallest absolute Gasteiger partial charge is 0.382 e. The molecular weight excluding hydrogens is 515 g/mol. The number of nitrogens with one attached hydrogen (secondary N) is 1. The zero-order chi connectivity index (χ0) is 28.2. The second-order valence-electron chi connectivity index (χ2n) is 9.85. The maximum atomic E-state index is 13.3. The fraction of sp³-hybridized carbons (Fsp3) is 0.481. The number of benzene rings is 2. The van der Waals surface area contributed by atoms with E-state index in [1.165, 1.54) is 11.6 Å². The predicted octanol–water partition coefficient (Wildman–Crippen LogP) is 4.32. The molecule has 1 N–H and O–H groups in total. The van der Waals surface area contributed by atoms with Crippen molar-refractivity contribution in [3.8, 4) is 0 Å². The highest BCUT2D eigenvalue weighted by atomic mass is 19.4. The molecule has 2 aromatic rings. The molecule has 9 nitrogen and oxygen atoms in total. The highest BCUT2D eigenvalue weighted by Crippen LogP contribution is 2.38. The molecule has 2 aliphatic heterocycles. The minimum Gasteiger partial charge on any atom is -0.382 e. The van der Waals surface area contributed by atoms with Gasteiger partial charge in [-0.1, -0.05) is 19.1 Å². The van der Waals surface area contributed by atoms with Crippen molar-refractivity contribution in [3.63, 3.8) is 0 Å². The summed E-state index contributed by atoms with van der Waals surface area (Å²) in [5.41, 5.74) is 0.223. The topological polar surface area (TPSA) is 99.0 Å². The van der Waals surface area contributed by atoms with Crippen LogP contribution in [0.3, 0.4) is 0 Å². The SMILES string of the molecule is CCc1ccc(N2CCN(C(=O)CC(=O)N3CCC(Nc4ccc([N+](=O)[O-])c(C(F)(F)F)c4)CC3)CC2)cc1. The van der Waals surface area contributed by atoms with Crippen LogP contribution in [0.2, 0.25) is 0 Å². The summed E-state index contributed by atoms with van der Waals surface area (Å²) in [6.45, 7) is 5.32. The Morgan fingerprint density at radius 3 is 2.08 bits per heavy atom. The van der Waals surface area contributed by atoms with Crippen molar-refractivity contribution in [3.05, 3.63) is 63.7 Å². The Hall–Kier alpha value is -3.83. The van der Waals surface area contributed by atoms with Crippen LogP contribution in [0.5, 0.6) is 0 Å². The highest BCUT2D eigenvalue weighted by molar-refractivity contribution is 5.97. The van der Waals surface area contributed by atoms with Gasteiger partial charge >= 0.3 is 6.18 Å². The third-order valence-electron chi connectivity index (χ3n) is 7.36. The largest absolute Gasteiger partial charge is 0.423 e. The first-order valence-corrected chi connectivity index (χ1v) is 13.1. The van der Waals surface area contributed by atoms with Crippen LogP contribution in [0.4, 0.5) is 30.2 Å². The molecule has 0 saturated carbocycles. The van der Waals surface area contributed by atoms with Gasteiger partial charge in [-0.2, -0.15) is 13.2 Å². The number of carbonyl (C=O) groups excluding carboxylic acids is 2. The number of hydrogen-bond donors (Lipinski definition) is 1. The number of alkyl halides is 3. The van der Waals surface area contributed by atoms with E-state index in [9.17, 15) is 32.9 Å². The van der Waals surface area contributed by atoms with E-state index in [0.717, 1.165) is 24.2 Å². The van der Waals surface area contributed by atoms with Gasteiger partial charge in [0.15, 0.2) is 0 Å². The normalized spacial score (nSPS) is 16.8. The van der Waals surface area contributed by atoms with Crippen molar-refractivity contribution in [2.24, 2.45) is 0 Å². The van der Waals surface area contributed by atoms with E-state index in [4.69, 9.17) is 0 Å². The number of piperidine rings is 1. The van der Waals surface area contributed by atoms with Crippen molar-refractivity contribution in [1.29, 1.82) is 0 Å². The van der Waals surface area contributed by atoms with Gasteiger partial charge in [0, 0.05) is 62.8 Å². The van der Waals surface area contributed by atoms with E-state index < -0.39 is 22.4 Å². The molecule has 0 atom stereocenters. The molecule has 2 heterocycles. The first-order valence-electron chi connectivity index (χ1n) is 13.1. The van der Waals surface area contributed by atoms with Gasteiger partial charge in [0.1, 0.15) is 12.0 Å². The Morgan fingerprint density at radius 1 is 0.949 bits per heavy atom. The van der Waals surface area contributed by atoms with Crippen LogP contribution in [0.15, 0.2) is 42.5 Å². The maximum Gasteiger partial charge on any atom is 0.423 e. The van der Waals surface area contributed by atoms with Crippen LogP contribution >= 0.6 is 0 Å². The predicted molar refractivity (Wildman–Crippen MR) is 141 cm³/mol. The van der Waals surface area contributed by atoms with Crippen molar-refractivity contribution < 1.29 is 27.7 Å². The van der Waals surface area contributed by atoms with Crippen LogP contribution in [0, 0.1) is 10.1 Å². The first kappa shape index (κ1) is 28.2. The summed E-state index contributed by atoms with van der Waals surface area (Å²) in [6, 6.07) is 11.0. The molecule has 0 aliphatic carbocycles. The lowest BCUT2D eigenvalue weighted by Gasteiger charge is -2.37. The van der Waals surface area contributed by atoms with E-state index in [2.05, 4.69) is 41.4 Å². The molecule has 0 aromatic heterocycles. The summed E-state index contributed by atoms with van der Waals surface area (Å²) < 4.78 is 39.8. The van der Waals surface area contributed by atoms with E-state index >= 15 is 0 Å². The number of nitro groups is 1. The zero-order valence-electron chi connectivity index (χ0n) is 21.7. The Balaban J connectivity index is 1.23. The molecule has 2 aromatic carbocycles. The summed E-state index contributed by atoms with van der Waals surface area (Å²) >= 11 is 0. The van der Waals surface area contributed by atoms with Crippen LogP contribution in [-0.2, 0) is 22.2 Å². The number of nitro benzene ring substituents is 1. The molecule has 0 bridgehead atoms. The minimum atomic E-state index is -4.85. The van der Waals surface area contributed by atoms with E-state index in [1.807, 2.05) is 0 Å². The zero-order valence-corrected chi connectivity index (χ0v) is 21.7. The average molecular weight is 548 g/mol. The maximum absolute atomic E-state index is 13.3. The molecule has 210 valence electrons. The Bertz CT molecular complexity index is 1190. The summed E-state index contributed by atoms with van der Waals surface area (Å²) in [6.07, 6.45) is -3.12. The van der Waals surface area contributed by atoms with Crippen LogP contribution in [-0.4, -0.2) is 71.8 Å². The molecule has 0 radical (unpaired) electrons. The molecule has 2 amide bonds. The fourth-order valence-electron chi connectivity index (χ4n) is 5.03. The lowest BCUT2D eigenvalue weighted by molar-refractivity contribution is -0.388. The molecule has 12 heteroatoms. The molecular formula is C27H32F3N5O4. The van der Waals surface area contributed by atoms with E-state index in [0.29, 0.717) is 52.1 Å². The van der Waals surface area contributed by atoms with Crippen molar-refractivity contribution in [2.45, 2.75) is 44.8 Å². The molecule has 2 aliphatic rings. The monoisotopic (exact) mass is 547 g/mol. The van der Waals surface area contributed by atoms with Gasteiger partial charge in [0.2, 0.25) is 11.8 Å². The number of piperazine rings is 1. The number of carbonyl (C=O) groups is 2. The summed E-state index contributed by atoms with van der Waals surface area (Å²) in [5.74, 6) is -0.461. The lowest BCUT2D eigenvalue weighted by Crippen LogP contribution is -2.50. The number of likely N-dealkylation sites (tertiary alicyclic amines) is 1. The molecule has 2 fully saturated rings. The van der Waals surface area contributed by atoms with E-state index in [1.54, 1.807) is 9.80 Å². The first-order chi connectivity index (χ1) is 18.5. The Morgan fingerprint density at radius 2 is 1.54 bits per heavy atom. The minimum absolute atomic E-state index is 0.133. The standard InChI is InChI=1S/C27H32F3N5O4/c1-2-19-3-6-22(7-4-19)32-13-15-34(16-14-32)26(37)18-25(36)33-11-9-20(10-12-33)31-21-5-8-24(35(38)39)23(17-21)27(28,29)30/h3-8,17,20,31H,2,9-16,18H2,1H3. The summed E-state index contributed by atoms with van der Waals surface area (Å²) in [4.78, 5) is 41.0. The Kier molecular flexibility index (Phi) is 8.61. The summed E-state index contributed by atoms with van der Waals surface area (Å²) in [7, 11) is 0. The quantitative estimate of drug-likeness (QED) is 0.315. The lowest BCUT2D eigenvalue weighted by atomic mass is 10.0. The Labute approximate surface area is 224 Å². The third-order valence-corrected chi connectivity index (χ3v) is 7.36. The number of rotatable bonds is 7. The second kappa shape index (κ2) is 11.9. The fourth-order valence-corrected chi connectivity index (χ4v) is 5.03. The average Bonchev–Trinajstić information content (AvgIpc) is 2.93. The van der Waals surface area contributed by atoms with Crippen LogP contribution in [0.1, 0.15) is 37.3 Å². The van der Waals surface area contributed by atoms with Gasteiger partial charge < -0.3 is 20.0 Å². The van der Waals surface area contributed by atoms with Gasteiger partial charge in [-0.05, 0) is 49.1 Å². The van der Waals surface area contributed by atoms with Gasteiger partial charge in [0.05, 0.1) is 4.92 Å². The highest BCUT2D eigenvalue weighted by Gasteiger charge is 2.38. The summed E-state index contributed by atoms with van der Waals surface area (Å²) in [5, 5.41) is 14.0. The van der Waals surface area contributed by atoms with Gasteiger partial charge in [-0.15, -0.1) is 0 Å². The van der Waals surface area contributed by atoms with E-state index in [-0.39, 0.29) is 30.0 Å². The van der Waals surface area contributed by atoms with Gasteiger partial charge in [-0.25, -0.2) is 0 Å². The van der Waals surface area contributed by atoms with Crippen molar-refractivity contribution in [2.75, 3.05) is 49.5 Å². The number of aryl methyl sites for hydroxylation is 1. The second-order valence-corrected chi connectivity index (χ2v) is 9.85. The number of hydrogen-bond acceptors (Lipinski definition) is 6. The third kappa shape index (κ3) is 6.98. The van der Waals surface area contributed by atoms with Gasteiger partial charge in [0.25, 0.3) is 5.69 Å². The van der Waals surface area contributed by atoms with Crippen molar-refractivity contribution >= 4 is 28.9 Å². The number of amides is 2. The molecule has 0 spiro atoms. The van der Waals surface area contributed by atoms with Gasteiger partial charge in [-0.3, -0.25) is 19.7 Å². The number of halogens is 3. The van der Waals surface area contributed by atoms with Crippen molar-refractivity contribution in [1.82, 2.24) is 9.80 Å².